The lowest BCUT2D eigenvalue weighted by molar-refractivity contribution is 0.0345. The van der Waals surface area contributed by atoms with Crippen LogP contribution in [-0.4, -0.2) is 49.6 Å². The van der Waals surface area contributed by atoms with Crippen LogP contribution in [0.25, 0.3) is 0 Å². The van der Waals surface area contributed by atoms with Gasteiger partial charge in [-0.1, -0.05) is 6.92 Å². The van der Waals surface area contributed by atoms with Crippen molar-refractivity contribution in [2.75, 3.05) is 13.1 Å². The van der Waals surface area contributed by atoms with Crippen LogP contribution < -0.4 is 0 Å². The van der Waals surface area contributed by atoms with Crippen molar-refractivity contribution >= 4 is 5.97 Å². The number of hydrogen-bond donors (Lipinski definition) is 2. The smallest absolute Gasteiger partial charge is 0.339 e. The fraction of sp³-hybridized carbons (Fsp3) is 0.667. The van der Waals surface area contributed by atoms with E-state index in [1.807, 2.05) is 11.8 Å². The quantitative estimate of drug-likeness (QED) is 0.782. The van der Waals surface area contributed by atoms with E-state index in [9.17, 15) is 9.90 Å². The number of aromatic carboxylic acids is 1. The summed E-state index contributed by atoms with van der Waals surface area (Å²) >= 11 is 0. The summed E-state index contributed by atoms with van der Waals surface area (Å²) in [7, 11) is 1.72. The van der Waals surface area contributed by atoms with Gasteiger partial charge in [0.15, 0.2) is 0 Å². The number of carbonyl (C=O) groups is 1. The van der Waals surface area contributed by atoms with E-state index in [1.165, 1.54) is 6.20 Å². The Morgan fingerprint density at radius 2 is 2.17 bits per heavy atom. The van der Waals surface area contributed by atoms with Crippen LogP contribution in [-0.2, 0) is 13.6 Å². The number of aliphatic hydroxyl groups is 1. The molecule has 0 aliphatic rings. The van der Waals surface area contributed by atoms with E-state index in [-0.39, 0.29) is 5.56 Å². The van der Waals surface area contributed by atoms with Crippen LogP contribution in [0.5, 0.6) is 0 Å². The molecule has 1 aromatic rings. The number of hydrogen-bond acceptors (Lipinski definition) is 4. The molecule has 1 aromatic heterocycles. The predicted molar refractivity (Wildman–Crippen MR) is 67.4 cm³/mol. The largest absolute Gasteiger partial charge is 0.478 e. The van der Waals surface area contributed by atoms with Crippen LogP contribution >= 0.6 is 0 Å². The molecule has 0 amide bonds. The Morgan fingerprint density at radius 1 is 1.56 bits per heavy atom. The minimum atomic E-state index is -0.975. The van der Waals surface area contributed by atoms with E-state index < -0.39 is 11.6 Å². The summed E-state index contributed by atoms with van der Waals surface area (Å²) in [5.74, 6) is -0.975. The summed E-state index contributed by atoms with van der Waals surface area (Å²) in [6, 6.07) is 0. The molecule has 0 fully saturated rings. The second-order valence-electron chi connectivity index (χ2n) is 5.05. The van der Waals surface area contributed by atoms with Crippen molar-refractivity contribution in [2.24, 2.45) is 7.05 Å². The highest BCUT2D eigenvalue weighted by Crippen LogP contribution is 2.13. The van der Waals surface area contributed by atoms with Gasteiger partial charge >= 0.3 is 5.97 Å². The van der Waals surface area contributed by atoms with E-state index in [0.717, 1.165) is 6.54 Å². The standard InChI is InChI=1S/C12H21N3O3/c1-5-15(8-12(2,3)18)7-10-9(11(16)17)6-13-14(10)4/h6,18H,5,7-8H2,1-4H3,(H,16,17). The zero-order chi connectivity index (χ0) is 13.9. The third-order valence-corrected chi connectivity index (χ3v) is 2.72. The molecule has 0 saturated heterocycles. The third-order valence-electron chi connectivity index (χ3n) is 2.72. The third kappa shape index (κ3) is 3.82. The van der Waals surface area contributed by atoms with Crippen LogP contribution in [0.15, 0.2) is 6.20 Å². The first kappa shape index (κ1) is 14.7. The maximum Gasteiger partial charge on any atom is 0.339 e. The van der Waals surface area contributed by atoms with Crippen molar-refractivity contribution in [3.63, 3.8) is 0 Å². The number of aryl methyl sites for hydroxylation is 1. The van der Waals surface area contributed by atoms with Crippen molar-refractivity contribution in [1.82, 2.24) is 14.7 Å². The van der Waals surface area contributed by atoms with Crippen molar-refractivity contribution in [2.45, 2.75) is 32.9 Å². The molecule has 2 N–H and O–H groups in total. The first-order valence-electron chi connectivity index (χ1n) is 5.93. The maximum atomic E-state index is 11.1. The maximum absolute atomic E-state index is 11.1. The second-order valence-corrected chi connectivity index (χ2v) is 5.05. The fourth-order valence-corrected chi connectivity index (χ4v) is 1.87. The highest BCUT2D eigenvalue weighted by Gasteiger charge is 2.21. The zero-order valence-electron chi connectivity index (χ0n) is 11.3. The lowest BCUT2D eigenvalue weighted by Crippen LogP contribution is -2.38. The second kappa shape index (κ2) is 5.49. The summed E-state index contributed by atoms with van der Waals surface area (Å²) < 4.78 is 1.57. The first-order valence-corrected chi connectivity index (χ1v) is 5.93. The fourth-order valence-electron chi connectivity index (χ4n) is 1.87. The highest BCUT2D eigenvalue weighted by molar-refractivity contribution is 5.88. The summed E-state index contributed by atoms with van der Waals surface area (Å²) in [5, 5.41) is 22.9. The van der Waals surface area contributed by atoms with Crippen LogP contribution in [0.3, 0.4) is 0 Å². The lowest BCUT2D eigenvalue weighted by atomic mass is 10.1. The summed E-state index contributed by atoms with van der Waals surface area (Å²) in [6.07, 6.45) is 1.36. The molecule has 0 atom stereocenters. The van der Waals surface area contributed by atoms with E-state index in [2.05, 4.69) is 5.10 Å². The molecule has 0 spiro atoms. The van der Waals surface area contributed by atoms with E-state index in [4.69, 9.17) is 5.11 Å². The molecule has 0 radical (unpaired) electrons. The number of carboxylic acid groups (broad SMARTS) is 1. The molecule has 1 rings (SSSR count). The van der Waals surface area contributed by atoms with Crippen LogP contribution in [0.2, 0.25) is 0 Å². The number of likely N-dealkylation sites (N-methyl/N-ethyl adjacent to an activating group) is 1. The van der Waals surface area contributed by atoms with Gasteiger partial charge in [0.05, 0.1) is 17.5 Å². The Labute approximate surface area is 107 Å². The van der Waals surface area contributed by atoms with Crippen LogP contribution in [0.4, 0.5) is 0 Å². The molecular formula is C12H21N3O3. The molecule has 18 heavy (non-hydrogen) atoms. The molecule has 0 aromatic carbocycles. The SMILES string of the molecule is CCN(Cc1c(C(=O)O)cnn1C)CC(C)(C)O. The first-order chi connectivity index (χ1) is 8.24. The lowest BCUT2D eigenvalue weighted by Gasteiger charge is -2.28. The Morgan fingerprint density at radius 3 is 2.61 bits per heavy atom. The van der Waals surface area contributed by atoms with Gasteiger partial charge in [-0.2, -0.15) is 5.10 Å². The summed E-state index contributed by atoms with van der Waals surface area (Å²) in [6.45, 7) is 7.11. The normalized spacial score (nSPS) is 12.1. The van der Waals surface area contributed by atoms with Crippen molar-refractivity contribution in [3.8, 4) is 0 Å². The van der Waals surface area contributed by atoms with Gasteiger partial charge in [-0.25, -0.2) is 4.79 Å². The minimum Gasteiger partial charge on any atom is -0.478 e. The van der Waals surface area contributed by atoms with Gasteiger partial charge in [-0.15, -0.1) is 0 Å². The number of rotatable bonds is 6. The van der Waals surface area contributed by atoms with Gasteiger partial charge in [-0.3, -0.25) is 9.58 Å². The Kier molecular flexibility index (Phi) is 4.48. The van der Waals surface area contributed by atoms with Gasteiger partial charge in [-0.05, 0) is 20.4 Å². The molecule has 0 aliphatic carbocycles. The molecule has 6 heteroatoms. The average molecular weight is 255 g/mol. The van der Waals surface area contributed by atoms with Gasteiger partial charge < -0.3 is 10.2 Å². The molecule has 1 heterocycles. The molecule has 0 bridgehead atoms. The minimum absolute atomic E-state index is 0.215. The monoisotopic (exact) mass is 255 g/mol. The zero-order valence-corrected chi connectivity index (χ0v) is 11.3. The van der Waals surface area contributed by atoms with Gasteiger partial charge in [0, 0.05) is 20.1 Å². The van der Waals surface area contributed by atoms with Crippen LogP contribution in [0, 0.1) is 0 Å². The van der Waals surface area contributed by atoms with Gasteiger partial charge in [0.2, 0.25) is 0 Å². The van der Waals surface area contributed by atoms with Crippen molar-refractivity contribution in [3.05, 3.63) is 17.5 Å². The molecule has 0 unspecified atom stereocenters. The average Bonchev–Trinajstić information content (AvgIpc) is 2.57. The molecule has 0 aliphatic heterocycles. The van der Waals surface area contributed by atoms with E-state index in [1.54, 1.807) is 25.6 Å². The predicted octanol–water partition coefficient (Wildman–Crippen LogP) is 0.711. The highest BCUT2D eigenvalue weighted by atomic mass is 16.4. The van der Waals surface area contributed by atoms with Gasteiger partial charge in [0.25, 0.3) is 0 Å². The molecule has 0 saturated carbocycles. The number of nitrogens with zero attached hydrogens (tertiary/aromatic N) is 3. The van der Waals surface area contributed by atoms with Crippen LogP contribution in [0.1, 0.15) is 36.8 Å². The number of aromatic nitrogens is 2. The van der Waals surface area contributed by atoms with E-state index in [0.29, 0.717) is 18.8 Å². The summed E-state index contributed by atoms with van der Waals surface area (Å²) in [5.41, 5.74) is 0.0538. The number of carboxylic acids is 1. The van der Waals surface area contributed by atoms with Gasteiger partial charge in [0.1, 0.15) is 5.56 Å². The van der Waals surface area contributed by atoms with Crippen molar-refractivity contribution in [1.29, 1.82) is 0 Å². The molecule has 102 valence electrons. The Hall–Kier alpha value is -1.40. The van der Waals surface area contributed by atoms with Crippen molar-refractivity contribution < 1.29 is 15.0 Å². The Bertz CT molecular complexity index is 421. The Balaban J connectivity index is 2.88. The topological polar surface area (TPSA) is 78.6 Å². The summed E-state index contributed by atoms with van der Waals surface area (Å²) in [4.78, 5) is 13.1. The molecular weight excluding hydrogens is 234 g/mol. The molecule has 6 nitrogen and oxygen atoms in total. The van der Waals surface area contributed by atoms with E-state index >= 15 is 0 Å².